The van der Waals surface area contributed by atoms with Crippen LogP contribution in [0.3, 0.4) is 0 Å². The zero-order valence-corrected chi connectivity index (χ0v) is 15.4. The Balaban J connectivity index is 1.94. The highest BCUT2D eigenvalue weighted by Crippen LogP contribution is 2.22. The monoisotopic (exact) mass is 341 g/mol. The molecule has 0 bridgehead atoms. The number of rotatable bonds is 7. The number of pyridine rings is 1. The Morgan fingerprint density at radius 2 is 1.80 bits per heavy atom. The lowest BCUT2D eigenvalue weighted by Gasteiger charge is -2.23. The molecule has 0 aliphatic carbocycles. The van der Waals surface area contributed by atoms with Crippen molar-refractivity contribution in [2.75, 3.05) is 7.11 Å². The summed E-state index contributed by atoms with van der Waals surface area (Å²) in [7, 11) is 1.58. The first-order valence-corrected chi connectivity index (χ1v) is 8.65. The van der Waals surface area contributed by atoms with Crippen molar-refractivity contribution in [2.24, 2.45) is 5.92 Å². The van der Waals surface area contributed by atoms with E-state index >= 15 is 0 Å². The number of hydrogen-bond donors (Lipinski definition) is 2. The molecule has 5 nitrogen and oxygen atoms in total. The van der Waals surface area contributed by atoms with Gasteiger partial charge in [-0.25, -0.2) is 9.78 Å². The summed E-state index contributed by atoms with van der Waals surface area (Å²) in [6, 6.07) is 11.9. The third-order valence-electron chi connectivity index (χ3n) is 4.16. The maximum Gasteiger partial charge on any atom is 0.315 e. The molecule has 0 spiro atoms. The number of carbonyl (C=O) groups excluding carboxylic acids is 1. The number of benzene rings is 1. The maximum absolute atomic E-state index is 12.3. The number of carbonyl (C=O) groups is 1. The maximum atomic E-state index is 12.3. The molecule has 1 atom stereocenters. The first-order valence-electron chi connectivity index (χ1n) is 8.65. The van der Waals surface area contributed by atoms with Crippen LogP contribution in [-0.4, -0.2) is 18.1 Å². The number of aryl methyl sites for hydroxylation is 1. The van der Waals surface area contributed by atoms with Crippen LogP contribution < -0.4 is 15.4 Å². The van der Waals surface area contributed by atoms with Crippen molar-refractivity contribution in [3.05, 3.63) is 59.3 Å². The number of urea groups is 1. The lowest BCUT2D eigenvalue weighted by molar-refractivity contribution is 0.232. The first kappa shape index (κ1) is 18.8. The smallest absolute Gasteiger partial charge is 0.315 e. The van der Waals surface area contributed by atoms with Crippen LogP contribution in [-0.2, 0) is 13.0 Å². The summed E-state index contributed by atoms with van der Waals surface area (Å²) in [4.78, 5) is 16.4. The van der Waals surface area contributed by atoms with Crippen LogP contribution in [0.5, 0.6) is 5.88 Å². The third kappa shape index (κ3) is 5.48. The quantitative estimate of drug-likeness (QED) is 0.804. The minimum atomic E-state index is -0.186. The van der Waals surface area contributed by atoms with Crippen molar-refractivity contribution in [3.63, 3.8) is 0 Å². The number of nitrogens with zero attached hydrogens (tertiary/aromatic N) is 1. The fourth-order valence-corrected chi connectivity index (χ4v) is 2.61. The van der Waals surface area contributed by atoms with Gasteiger partial charge in [0.2, 0.25) is 5.88 Å². The third-order valence-corrected chi connectivity index (χ3v) is 4.16. The van der Waals surface area contributed by atoms with Gasteiger partial charge in [0.05, 0.1) is 13.2 Å². The number of nitrogens with one attached hydrogen (secondary N) is 2. The summed E-state index contributed by atoms with van der Waals surface area (Å²) in [5.41, 5.74) is 3.33. The molecule has 0 aliphatic heterocycles. The summed E-state index contributed by atoms with van der Waals surface area (Å²) < 4.78 is 5.03. The molecule has 2 aromatic rings. The van der Waals surface area contributed by atoms with E-state index in [2.05, 4.69) is 60.7 Å². The molecule has 134 valence electrons. The van der Waals surface area contributed by atoms with Gasteiger partial charge in [0.25, 0.3) is 0 Å². The van der Waals surface area contributed by atoms with Crippen LogP contribution in [0.15, 0.2) is 42.6 Å². The van der Waals surface area contributed by atoms with E-state index in [1.165, 1.54) is 5.56 Å². The van der Waals surface area contributed by atoms with Gasteiger partial charge < -0.3 is 15.4 Å². The van der Waals surface area contributed by atoms with Gasteiger partial charge in [-0.05, 0) is 29.0 Å². The average molecular weight is 341 g/mol. The minimum Gasteiger partial charge on any atom is -0.481 e. The molecular weight excluding hydrogens is 314 g/mol. The van der Waals surface area contributed by atoms with E-state index in [1.807, 2.05) is 6.07 Å². The Morgan fingerprint density at radius 3 is 2.32 bits per heavy atom. The van der Waals surface area contributed by atoms with Crippen molar-refractivity contribution < 1.29 is 9.53 Å². The van der Waals surface area contributed by atoms with Crippen LogP contribution in [0, 0.1) is 5.92 Å². The zero-order chi connectivity index (χ0) is 18.2. The molecule has 25 heavy (non-hydrogen) atoms. The molecule has 2 N–H and O–H groups in total. The summed E-state index contributed by atoms with van der Waals surface area (Å²) >= 11 is 0. The summed E-state index contributed by atoms with van der Waals surface area (Å²) in [5, 5.41) is 5.95. The predicted octanol–water partition coefficient (Wildman–Crippen LogP) is 3.85. The fraction of sp³-hybridized carbons (Fsp3) is 0.400. The number of ether oxygens (including phenoxy) is 1. The van der Waals surface area contributed by atoms with Crippen molar-refractivity contribution in [3.8, 4) is 5.88 Å². The summed E-state index contributed by atoms with van der Waals surface area (Å²) in [6.07, 6.45) is 2.71. The Hall–Kier alpha value is -2.56. The molecule has 5 heteroatoms. The van der Waals surface area contributed by atoms with E-state index in [0.717, 1.165) is 17.5 Å². The molecule has 0 radical (unpaired) electrons. The zero-order valence-electron chi connectivity index (χ0n) is 15.4. The first-order chi connectivity index (χ1) is 12.0. The summed E-state index contributed by atoms with van der Waals surface area (Å²) in [5.74, 6) is 0.851. The molecular formula is C20H27N3O2. The predicted molar refractivity (Wildman–Crippen MR) is 99.6 cm³/mol. The second-order valence-electron chi connectivity index (χ2n) is 6.35. The number of amides is 2. The van der Waals surface area contributed by atoms with Gasteiger partial charge in [-0.3, -0.25) is 0 Å². The Morgan fingerprint density at radius 1 is 1.12 bits per heavy atom. The van der Waals surface area contributed by atoms with Gasteiger partial charge in [-0.2, -0.15) is 0 Å². The van der Waals surface area contributed by atoms with E-state index in [4.69, 9.17) is 4.74 Å². The summed E-state index contributed by atoms with van der Waals surface area (Å²) in [6.45, 7) is 6.76. The molecule has 0 aliphatic rings. The standard InChI is InChI=1S/C20H27N3O2/c1-5-15-6-9-17(10-7-15)19(14(2)3)23-20(24)22-13-16-8-11-18(25-4)21-12-16/h6-12,14,19H,5,13H2,1-4H3,(H2,22,23,24)/t19-/m1/s1. The molecule has 1 aromatic carbocycles. The van der Waals surface area contributed by atoms with Crippen LogP contribution in [0.1, 0.15) is 43.5 Å². The van der Waals surface area contributed by atoms with Gasteiger partial charge in [-0.15, -0.1) is 0 Å². The van der Waals surface area contributed by atoms with Gasteiger partial charge in [0, 0.05) is 18.8 Å². The minimum absolute atomic E-state index is 0.0279. The number of aromatic nitrogens is 1. The molecule has 0 unspecified atom stereocenters. The second-order valence-corrected chi connectivity index (χ2v) is 6.35. The number of methoxy groups -OCH3 is 1. The highest BCUT2D eigenvalue weighted by Gasteiger charge is 2.18. The topological polar surface area (TPSA) is 63.2 Å². The van der Waals surface area contributed by atoms with Crippen molar-refractivity contribution in [1.29, 1.82) is 0 Å². The molecule has 2 amide bonds. The van der Waals surface area contributed by atoms with E-state index in [-0.39, 0.29) is 12.1 Å². The van der Waals surface area contributed by atoms with Crippen molar-refractivity contribution in [2.45, 2.75) is 39.8 Å². The average Bonchev–Trinajstić information content (AvgIpc) is 2.64. The van der Waals surface area contributed by atoms with Gasteiger partial charge in [0.15, 0.2) is 0 Å². The van der Waals surface area contributed by atoms with Crippen LogP contribution >= 0.6 is 0 Å². The lowest BCUT2D eigenvalue weighted by atomic mass is 9.95. The molecule has 0 saturated heterocycles. The normalized spacial score (nSPS) is 11.9. The van der Waals surface area contributed by atoms with Crippen LogP contribution in [0.4, 0.5) is 4.79 Å². The highest BCUT2D eigenvalue weighted by atomic mass is 16.5. The second kappa shape index (κ2) is 9.06. The van der Waals surface area contributed by atoms with Gasteiger partial charge in [0.1, 0.15) is 0 Å². The van der Waals surface area contributed by atoms with E-state index < -0.39 is 0 Å². The molecule has 1 aromatic heterocycles. The van der Waals surface area contributed by atoms with E-state index in [1.54, 1.807) is 19.4 Å². The fourth-order valence-electron chi connectivity index (χ4n) is 2.61. The Kier molecular flexibility index (Phi) is 6.81. The molecule has 2 rings (SSSR count). The van der Waals surface area contributed by atoms with Crippen molar-refractivity contribution in [1.82, 2.24) is 15.6 Å². The Labute approximate surface area is 149 Å². The number of hydrogen-bond acceptors (Lipinski definition) is 3. The van der Waals surface area contributed by atoms with Crippen molar-refractivity contribution >= 4 is 6.03 Å². The lowest BCUT2D eigenvalue weighted by Crippen LogP contribution is -2.39. The Bertz CT molecular complexity index is 666. The highest BCUT2D eigenvalue weighted by molar-refractivity contribution is 5.74. The van der Waals surface area contributed by atoms with Gasteiger partial charge in [-0.1, -0.05) is 51.1 Å². The molecule has 0 saturated carbocycles. The van der Waals surface area contributed by atoms with E-state index in [0.29, 0.717) is 18.3 Å². The van der Waals surface area contributed by atoms with Gasteiger partial charge >= 0.3 is 6.03 Å². The van der Waals surface area contributed by atoms with E-state index in [9.17, 15) is 4.79 Å². The van der Waals surface area contributed by atoms with Crippen LogP contribution in [0.2, 0.25) is 0 Å². The molecule has 1 heterocycles. The molecule has 0 fully saturated rings. The largest absolute Gasteiger partial charge is 0.481 e. The SMILES string of the molecule is CCc1ccc([C@H](NC(=O)NCc2ccc(OC)nc2)C(C)C)cc1. The van der Waals surface area contributed by atoms with Crippen LogP contribution in [0.25, 0.3) is 0 Å².